The van der Waals surface area contributed by atoms with E-state index in [0.717, 1.165) is 28.0 Å². The first-order chi connectivity index (χ1) is 9.72. The van der Waals surface area contributed by atoms with E-state index < -0.39 is 0 Å². The molecule has 0 fully saturated rings. The Labute approximate surface area is 123 Å². The lowest BCUT2D eigenvalue weighted by Gasteiger charge is -2.08. The summed E-state index contributed by atoms with van der Waals surface area (Å²) >= 11 is 1.57. The minimum Gasteiger partial charge on any atom is -0.468 e. The van der Waals surface area contributed by atoms with Gasteiger partial charge in [-0.25, -0.2) is 9.97 Å². The highest BCUT2D eigenvalue weighted by Gasteiger charge is 2.09. The maximum Gasteiger partial charge on any atom is 0.157 e. The maximum atomic E-state index is 5.39. The van der Waals surface area contributed by atoms with Gasteiger partial charge in [-0.1, -0.05) is 11.8 Å². The van der Waals surface area contributed by atoms with Crippen LogP contribution in [0.5, 0.6) is 0 Å². The molecule has 108 valence electrons. The van der Waals surface area contributed by atoms with Gasteiger partial charge in [0.15, 0.2) is 5.82 Å². The number of aromatic nitrogens is 2. The summed E-state index contributed by atoms with van der Waals surface area (Å²) in [6.45, 7) is 7.83. The smallest absolute Gasteiger partial charge is 0.157 e. The van der Waals surface area contributed by atoms with E-state index >= 15 is 0 Å². The molecule has 0 aliphatic carbocycles. The molecular formula is C14H19N3O2S. The molecule has 0 saturated heterocycles. The third-order valence-corrected chi connectivity index (χ3v) is 3.63. The van der Waals surface area contributed by atoms with Crippen LogP contribution in [0.4, 0.5) is 5.82 Å². The van der Waals surface area contributed by atoms with Crippen LogP contribution in [-0.4, -0.2) is 23.1 Å². The molecule has 0 atom stereocenters. The van der Waals surface area contributed by atoms with Gasteiger partial charge in [0, 0.05) is 19.2 Å². The fourth-order valence-corrected chi connectivity index (χ4v) is 2.51. The lowest BCUT2D eigenvalue weighted by atomic mass is 10.5. The van der Waals surface area contributed by atoms with Gasteiger partial charge in [-0.2, -0.15) is 0 Å². The van der Waals surface area contributed by atoms with E-state index in [9.17, 15) is 0 Å². The van der Waals surface area contributed by atoms with Crippen LogP contribution < -0.4 is 5.32 Å². The first-order valence-corrected chi connectivity index (χ1v) is 7.46. The van der Waals surface area contributed by atoms with Crippen LogP contribution in [0.2, 0.25) is 0 Å². The van der Waals surface area contributed by atoms with E-state index in [1.807, 2.05) is 32.9 Å². The highest BCUT2D eigenvalue weighted by molar-refractivity contribution is 7.99. The summed E-state index contributed by atoms with van der Waals surface area (Å²) in [5.74, 6) is 2.40. The number of nitrogens with zero attached hydrogens (tertiary/aromatic N) is 2. The summed E-state index contributed by atoms with van der Waals surface area (Å²) in [6, 6.07) is 3.88. The molecule has 1 N–H and O–H groups in total. The van der Waals surface area contributed by atoms with Gasteiger partial charge in [0.25, 0.3) is 0 Å². The zero-order chi connectivity index (χ0) is 14.4. The molecule has 20 heavy (non-hydrogen) atoms. The summed E-state index contributed by atoms with van der Waals surface area (Å²) in [7, 11) is 0. The molecule has 2 heterocycles. The van der Waals surface area contributed by atoms with Crippen LogP contribution in [-0.2, 0) is 11.3 Å². The van der Waals surface area contributed by atoms with Gasteiger partial charge in [0.05, 0.1) is 11.2 Å². The fraction of sp³-hybridized carbons (Fsp3) is 0.429. The SMILES string of the molecule is CCNc1cc(Sc2ccoc2C)nc(COCC)n1. The molecule has 0 aliphatic heterocycles. The van der Waals surface area contributed by atoms with E-state index in [0.29, 0.717) is 19.0 Å². The van der Waals surface area contributed by atoms with E-state index in [4.69, 9.17) is 9.15 Å². The standard InChI is InChI=1S/C14H19N3O2S/c1-4-15-12-8-14(17-13(16-12)9-18-5-2)20-11-6-7-19-10(11)3/h6-8H,4-5,9H2,1-3H3,(H,15,16,17). The second-order valence-electron chi connectivity index (χ2n) is 4.12. The van der Waals surface area contributed by atoms with Crippen molar-refractivity contribution in [2.24, 2.45) is 0 Å². The number of rotatable bonds is 7. The molecule has 0 amide bonds. The van der Waals surface area contributed by atoms with Crippen LogP contribution >= 0.6 is 11.8 Å². The van der Waals surface area contributed by atoms with Crippen molar-refractivity contribution in [3.8, 4) is 0 Å². The van der Waals surface area contributed by atoms with E-state index in [1.165, 1.54) is 0 Å². The van der Waals surface area contributed by atoms with Crippen LogP contribution in [0.1, 0.15) is 25.4 Å². The minimum absolute atomic E-state index is 0.424. The Morgan fingerprint density at radius 3 is 2.85 bits per heavy atom. The first kappa shape index (κ1) is 14.9. The lowest BCUT2D eigenvalue weighted by molar-refractivity contribution is 0.128. The van der Waals surface area contributed by atoms with E-state index in [-0.39, 0.29) is 0 Å². The van der Waals surface area contributed by atoms with Gasteiger partial charge in [-0.05, 0) is 26.8 Å². The topological polar surface area (TPSA) is 60.2 Å². The Hall–Kier alpha value is -1.53. The third-order valence-electron chi connectivity index (χ3n) is 2.57. The van der Waals surface area contributed by atoms with Gasteiger partial charge >= 0.3 is 0 Å². The van der Waals surface area contributed by atoms with E-state index in [1.54, 1.807) is 18.0 Å². The molecule has 0 aliphatic rings. The van der Waals surface area contributed by atoms with Crippen molar-refractivity contribution in [2.75, 3.05) is 18.5 Å². The number of aryl methyl sites for hydroxylation is 1. The van der Waals surface area contributed by atoms with Crippen molar-refractivity contribution >= 4 is 17.6 Å². The Kier molecular flexibility index (Phi) is 5.43. The molecule has 0 unspecified atom stereocenters. The van der Waals surface area contributed by atoms with Crippen molar-refractivity contribution < 1.29 is 9.15 Å². The first-order valence-electron chi connectivity index (χ1n) is 6.64. The number of anilines is 1. The predicted octanol–water partition coefficient (Wildman–Crippen LogP) is 3.50. The summed E-state index contributed by atoms with van der Waals surface area (Å²) in [6.07, 6.45) is 1.69. The summed E-state index contributed by atoms with van der Waals surface area (Å²) in [4.78, 5) is 10.0. The van der Waals surface area contributed by atoms with Crippen molar-refractivity contribution in [1.82, 2.24) is 9.97 Å². The van der Waals surface area contributed by atoms with Crippen LogP contribution in [0.15, 0.2) is 32.7 Å². The summed E-state index contributed by atoms with van der Waals surface area (Å²) < 4.78 is 10.7. The normalized spacial score (nSPS) is 10.8. The number of furan rings is 1. The van der Waals surface area contributed by atoms with Gasteiger partial charge < -0.3 is 14.5 Å². The Morgan fingerprint density at radius 2 is 2.20 bits per heavy atom. The Morgan fingerprint density at radius 1 is 1.35 bits per heavy atom. The van der Waals surface area contributed by atoms with Crippen LogP contribution in [0.25, 0.3) is 0 Å². The third kappa shape index (κ3) is 3.98. The molecule has 2 aromatic heterocycles. The molecular weight excluding hydrogens is 274 g/mol. The highest BCUT2D eigenvalue weighted by Crippen LogP contribution is 2.30. The molecule has 0 aromatic carbocycles. The van der Waals surface area contributed by atoms with Crippen molar-refractivity contribution in [2.45, 2.75) is 37.3 Å². The number of hydrogen-bond acceptors (Lipinski definition) is 6. The second kappa shape index (κ2) is 7.31. The predicted molar refractivity (Wildman–Crippen MR) is 79.1 cm³/mol. The van der Waals surface area contributed by atoms with Crippen molar-refractivity contribution in [1.29, 1.82) is 0 Å². The zero-order valence-corrected chi connectivity index (χ0v) is 12.8. The van der Waals surface area contributed by atoms with Crippen molar-refractivity contribution in [3.63, 3.8) is 0 Å². The molecule has 6 heteroatoms. The second-order valence-corrected chi connectivity index (χ2v) is 5.18. The van der Waals surface area contributed by atoms with E-state index in [2.05, 4.69) is 15.3 Å². The minimum atomic E-state index is 0.424. The largest absolute Gasteiger partial charge is 0.468 e. The summed E-state index contributed by atoms with van der Waals surface area (Å²) in [5, 5.41) is 4.10. The van der Waals surface area contributed by atoms with Gasteiger partial charge in [0.1, 0.15) is 23.2 Å². The monoisotopic (exact) mass is 293 g/mol. The average Bonchev–Trinajstić information content (AvgIpc) is 2.82. The van der Waals surface area contributed by atoms with Crippen molar-refractivity contribution in [3.05, 3.63) is 30.0 Å². The Balaban J connectivity index is 2.21. The molecule has 0 bridgehead atoms. The van der Waals surface area contributed by atoms with Crippen LogP contribution in [0, 0.1) is 6.92 Å². The molecule has 2 rings (SSSR count). The number of nitrogens with one attached hydrogen (secondary N) is 1. The fourth-order valence-electron chi connectivity index (χ4n) is 1.65. The number of hydrogen-bond donors (Lipinski definition) is 1. The van der Waals surface area contributed by atoms with Gasteiger partial charge in [-0.15, -0.1) is 0 Å². The van der Waals surface area contributed by atoms with Gasteiger partial charge in [0.2, 0.25) is 0 Å². The number of ether oxygens (including phenoxy) is 1. The van der Waals surface area contributed by atoms with Crippen LogP contribution in [0.3, 0.4) is 0 Å². The molecule has 0 spiro atoms. The van der Waals surface area contributed by atoms with Gasteiger partial charge in [-0.3, -0.25) is 0 Å². The average molecular weight is 293 g/mol. The maximum absolute atomic E-state index is 5.39. The zero-order valence-electron chi connectivity index (χ0n) is 12.0. The molecule has 0 saturated carbocycles. The molecule has 5 nitrogen and oxygen atoms in total. The highest BCUT2D eigenvalue weighted by atomic mass is 32.2. The summed E-state index contributed by atoms with van der Waals surface area (Å²) in [5.41, 5.74) is 0. The quantitative estimate of drug-likeness (QED) is 0.788. The lowest BCUT2D eigenvalue weighted by Crippen LogP contribution is -2.05. The Bertz CT molecular complexity index is 557. The molecule has 0 radical (unpaired) electrons. The molecule has 2 aromatic rings.